The highest BCUT2D eigenvalue weighted by Crippen LogP contribution is 2.23. The summed E-state index contributed by atoms with van der Waals surface area (Å²) in [4.78, 5) is 16.9. The molecular formula is C22H23N3O3. The summed E-state index contributed by atoms with van der Waals surface area (Å²) in [5.74, 6) is 1.58. The van der Waals surface area contributed by atoms with Crippen LogP contribution in [0.25, 0.3) is 0 Å². The predicted octanol–water partition coefficient (Wildman–Crippen LogP) is 4.27. The average molecular weight is 377 g/mol. The fraction of sp³-hybridized carbons (Fsp3) is 0.182. The van der Waals surface area contributed by atoms with Crippen molar-refractivity contribution in [1.82, 2.24) is 4.98 Å². The van der Waals surface area contributed by atoms with E-state index in [0.29, 0.717) is 29.3 Å². The Morgan fingerprint density at radius 3 is 2.36 bits per heavy atom. The van der Waals surface area contributed by atoms with Crippen molar-refractivity contribution < 1.29 is 14.3 Å². The molecule has 0 spiro atoms. The fourth-order valence-electron chi connectivity index (χ4n) is 2.73. The third-order valence-electron chi connectivity index (χ3n) is 4.19. The van der Waals surface area contributed by atoms with Crippen LogP contribution in [0.1, 0.15) is 21.5 Å². The Bertz CT molecular complexity index is 933. The molecule has 6 nitrogen and oxygen atoms in total. The molecule has 2 aromatic carbocycles. The summed E-state index contributed by atoms with van der Waals surface area (Å²) in [6, 6.07) is 17.0. The molecule has 28 heavy (non-hydrogen) atoms. The third-order valence-corrected chi connectivity index (χ3v) is 4.19. The fourth-order valence-corrected chi connectivity index (χ4v) is 2.73. The van der Waals surface area contributed by atoms with Gasteiger partial charge in [-0.25, -0.2) is 4.98 Å². The van der Waals surface area contributed by atoms with Gasteiger partial charge in [-0.05, 0) is 36.8 Å². The Kier molecular flexibility index (Phi) is 6.11. The van der Waals surface area contributed by atoms with E-state index < -0.39 is 0 Å². The minimum atomic E-state index is -0.264. The zero-order valence-corrected chi connectivity index (χ0v) is 16.2. The van der Waals surface area contributed by atoms with E-state index in [0.717, 1.165) is 5.82 Å². The number of aryl methyl sites for hydroxylation is 1. The van der Waals surface area contributed by atoms with E-state index in [9.17, 15) is 4.79 Å². The Morgan fingerprint density at radius 1 is 1.00 bits per heavy atom. The van der Waals surface area contributed by atoms with E-state index in [1.54, 1.807) is 44.7 Å². The molecule has 1 amide bonds. The highest BCUT2D eigenvalue weighted by atomic mass is 16.5. The van der Waals surface area contributed by atoms with Crippen molar-refractivity contribution >= 4 is 17.4 Å². The standard InChI is InChI=1S/C22H23N3O3/c1-15-5-4-6-16(9-15)13-23-21-8-7-18(14-24-21)25-22(26)17-10-19(27-2)12-20(11-17)28-3/h4-12,14H,13H2,1-3H3,(H,23,24)(H,25,26). The van der Waals surface area contributed by atoms with E-state index in [2.05, 4.69) is 40.7 Å². The van der Waals surface area contributed by atoms with Crippen molar-refractivity contribution in [3.05, 3.63) is 77.5 Å². The number of carbonyl (C=O) groups is 1. The van der Waals surface area contributed by atoms with Crippen LogP contribution in [0.15, 0.2) is 60.8 Å². The average Bonchev–Trinajstić information content (AvgIpc) is 2.72. The maximum absolute atomic E-state index is 12.5. The molecule has 0 saturated heterocycles. The molecule has 0 aliphatic heterocycles. The monoisotopic (exact) mass is 377 g/mol. The van der Waals surface area contributed by atoms with Gasteiger partial charge in [0.05, 0.1) is 26.1 Å². The topological polar surface area (TPSA) is 72.5 Å². The number of benzene rings is 2. The molecule has 0 unspecified atom stereocenters. The van der Waals surface area contributed by atoms with E-state index in [4.69, 9.17) is 9.47 Å². The lowest BCUT2D eigenvalue weighted by molar-refractivity contribution is 0.102. The molecule has 0 fully saturated rings. The highest BCUT2D eigenvalue weighted by Gasteiger charge is 2.10. The first-order valence-corrected chi connectivity index (χ1v) is 8.87. The maximum Gasteiger partial charge on any atom is 0.255 e. The summed E-state index contributed by atoms with van der Waals surface area (Å²) in [6.07, 6.45) is 1.62. The van der Waals surface area contributed by atoms with Crippen LogP contribution in [-0.2, 0) is 6.54 Å². The molecular weight excluding hydrogens is 354 g/mol. The minimum absolute atomic E-state index is 0.264. The summed E-state index contributed by atoms with van der Waals surface area (Å²) in [6.45, 7) is 2.75. The van der Waals surface area contributed by atoms with Gasteiger partial charge >= 0.3 is 0 Å². The van der Waals surface area contributed by atoms with Crippen LogP contribution in [0.5, 0.6) is 11.5 Å². The lowest BCUT2D eigenvalue weighted by atomic mass is 10.1. The van der Waals surface area contributed by atoms with Crippen molar-refractivity contribution in [3.8, 4) is 11.5 Å². The number of amides is 1. The Hall–Kier alpha value is -3.54. The number of carbonyl (C=O) groups excluding carboxylic acids is 1. The molecule has 6 heteroatoms. The Balaban J connectivity index is 1.63. The molecule has 0 aliphatic carbocycles. The number of hydrogen-bond donors (Lipinski definition) is 2. The maximum atomic E-state index is 12.5. The van der Waals surface area contributed by atoms with Crippen LogP contribution in [0, 0.1) is 6.92 Å². The minimum Gasteiger partial charge on any atom is -0.497 e. The molecule has 0 bridgehead atoms. The van der Waals surface area contributed by atoms with Crippen molar-refractivity contribution in [1.29, 1.82) is 0 Å². The van der Waals surface area contributed by atoms with Crippen LogP contribution in [-0.4, -0.2) is 25.1 Å². The van der Waals surface area contributed by atoms with Crippen molar-refractivity contribution in [2.45, 2.75) is 13.5 Å². The first kappa shape index (κ1) is 19.2. The van der Waals surface area contributed by atoms with Gasteiger partial charge in [0.15, 0.2) is 0 Å². The van der Waals surface area contributed by atoms with Gasteiger partial charge in [0, 0.05) is 18.2 Å². The van der Waals surface area contributed by atoms with Gasteiger partial charge in [-0.15, -0.1) is 0 Å². The molecule has 3 rings (SSSR count). The van der Waals surface area contributed by atoms with E-state index >= 15 is 0 Å². The molecule has 0 aliphatic rings. The number of nitrogens with one attached hydrogen (secondary N) is 2. The zero-order valence-electron chi connectivity index (χ0n) is 16.2. The van der Waals surface area contributed by atoms with Gasteiger partial charge in [-0.1, -0.05) is 29.8 Å². The van der Waals surface area contributed by atoms with E-state index in [1.165, 1.54) is 11.1 Å². The number of rotatable bonds is 7. The van der Waals surface area contributed by atoms with Crippen LogP contribution in [0.4, 0.5) is 11.5 Å². The predicted molar refractivity (Wildman–Crippen MR) is 110 cm³/mol. The Morgan fingerprint density at radius 2 is 1.75 bits per heavy atom. The van der Waals surface area contributed by atoms with E-state index in [1.807, 2.05) is 12.1 Å². The first-order chi connectivity index (χ1) is 13.6. The molecule has 3 aromatic rings. The van der Waals surface area contributed by atoms with Crippen molar-refractivity contribution in [2.24, 2.45) is 0 Å². The first-order valence-electron chi connectivity index (χ1n) is 8.87. The second-order valence-corrected chi connectivity index (χ2v) is 6.33. The van der Waals surface area contributed by atoms with Crippen LogP contribution >= 0.6 is 0 Å². The Labute approximate surface area is 164 Å². The third kappa shape index (κ3) is 5.01. The lowest BCUT2D eigenvalue weighted by Crippen LogP contribution is -2.12. The molecule has 0 radical (unpaired) electrons. The number of pyridine rings is 1. The number of ether oxygens (including phenoxy) is 2. The normalized spacial score (nSPS) is 10.2. The van der Waals surface area contributed by atoms with Gasteiger partial charge in [-0.3, -0.25) is 4.79 Å². The number of anilines is 2. The van der Waals surface area contributed by atoms with Gasteiger partial charge in [-0.2, -0.15) is 0 Å². The van der Waals surface area contributed by atoms with Gasteiger partial charge in [0.25, 0.3) is 5.91 Å². The van der Waals surface area contributed by atoms with Crippen molar-refractivity contribution in [2.75, 3.05) is 24.9 Å². The van der Waals surface area contributed by atoms with Crippen LogP contribution < -0.4 is 20.1 Å². The summed E-state index contributed by atoms with van der Waals surface area (Å²) < 4.78 is 10.4. The summed E-state index contributed by atoms with van der Waals surface area (Å²) in [5, 5.41) is 6.10. The molecule has 0 atom stereocenters. The second kappa shape index (κ2) is 8.90. The molecule has 2 N–H and O–H groups in total. The van der Waals surface area contributed by atoms with Gasteiger partial charge in [0.1, 0.15) is 17.3 Å². The van der Waals surface area contributed by atoms with E-state index in [-0.39, 0.29) is 5.91 Å². The van der Waals surface area contributed by atoms with Crippen molar-refractivity contribution in [3.63, 3.8) is 0 Å². The lowest BCUT2D eigenvalue weighted by Gasteiger charge is -2.10. The van der Waals surface area contributed by atoms with Crippen LogP contribution in [0.3, 0.4) is 0 Å². The molecule has 1 heterocycles. The SMILES string of the molecule is COc1cc(OC)cc(C(=O)Nc2ccc(NCc3cccc(C)c3)nc2)c1. The number of nitrogens with zero attached hydrogens (tertiary/aromatic N) is 1. The molecule has 1 aromatic heterocycles. The summed E-state index contributed by atoms with van der Waals surface area (Å²) in [7, 11) is 3.09. The molecule has 0 saturated carbocycles. The summed E-state index contributed by atoms with van der Waals surface area (Å²) >= 11 is 0. The summed E-state index contributed by atoms with van der Waals surface area (Å²) in [5.41, 5.74) is 3.45. The largest absolute Gasteiger partial charge is 0.497 e. The van der Waals surface area contributed by atoms with Crippen LogP contribution in [0.2, 0.25) is 0 Å². The number of hydrogen-bond acceptors (Lipinski definition) is 5. The highest BCUT2D eigenvalue weighted by molar-refractivity contribution is 6.04. The number of aromatic nitrogens is 1. The smallest absolute Gasteiger partial charge is 0.255 e. The van der Waals surface area contributed by atoms with Gasteiger partial charge < -0.3 is 20.1 Å². The van der Waals surface area contributed by atoms with Gasteiger partial charge in [0.2, 0.25) is 0 Å². The molecule has 144 valence electrons. The zero-order chi connectivity index (χ0) is 19.9. The second-order valence-electron chi connectivity index (χ2n) is 6.33. The quantitative estimate of drug-likeness (QED) is 0.643. The number of methoxy groups -OCH3 is 2.